The van der Waals surface area contributed by atoms with Crippen LogP contribution in [0.5, 0.6) is 0 Å². The summed E-state index contributed by atoms with van der Waals surface area (Å²) in [4.78, 5) is 61.3. The molecule has 2 N–H and O–H groups in total. The molecule has 51 heavy (non-hydrogen) atoms. The number of hydrogen-bond donors (Lipinski definition) is 1. The number of amides is 3. The molecule has 12 nitrogen and oxygen atoms in total. The standard InChI is InChI=1S/C14H25NO3.C12H23NO2.C8H13NO.C4H6O2.Na.H2O/c1-4-13(10-11(2)18-12(3)16)15-9-7-5-6-8-14(15)17;1-3-11(9-10(2)14)13-8-6-4-5-7-12(13)15;1-2-9-7-5-3-4-6-8(9)10;1-3-6-4(2)5;;/h11,13H,4-10H2,1-3H3;10-11,14H,3-9H2,1-2H3;2H,1,3-7H2;3H,1H2,2H3;;1H2/q;;;;+1;/p-1. The van der Waals surface area contributed by atoms with Crippen LogP contribution >= 0.6 is 0 Å². The summed E-state index contributed by atoms with van der Waals surface area (Å²) < 4.78 is 9.33. The van der Waals surface area contributed by atoms with E-state index in [1.165, 1.54) is 20.3 Å². The maximum Gasteiger partial charge on any atom is 1.00 e. The number of ether oxygens (including phenoxy) is 2. The molecule has 4 atom stereocenters. The van der Waals surface area contributed by atoms with Gasteiger partial charge in [0.2, 0.25) is 17.7 Å². The molecule has 4 unspecified atom stereocenters. The number of hydrogen-bond acceptors (Lipinski definition) is 9. The Morgan fingerprint density at radius 2 is 1.16 bits per heavy atom. The Labute approximate surface area is 330 Å². The summed E-state index contributed by atoms with van der Waals surface area (Å²) in [7, 11) is 0. The number of esters is 2. The molecule has 0 spiro atoms. The van der Waals surface area contributed by atoms with E-state index in [0.717, 1.165) is 96.5 Å². The van der Waals surface area contributed by atoms with Crippen molar-refractivity contribution in [3.63, 3.8) is 0 Å². The second kappa shape index (κ2) is 32.4. The summed E-state index contributed by atoms with van der Waals surface area (Å²) in [6, 6.07) is 0.431. The van der Waals surface area contributed by atoms with Gasteiger partial charge in [0, 0.05) is 71.2 Å². The fourth-order valence-electron chi connectivity index (χ4n) is 6.23. The van der Waals surface area contributed by atoms with Crippen molar-refractivity contribution in [2.24, 2.45) is 0 Å². The first-order chi connectivity index (χ1) is 23.3. The molecule has 3 rings (SSSR count). The molecule has 3 saturated heterocycles. The van der Waals surface area contributed by atoms with Gasteiger partial charge in [0.05, 0.1) is 12.4 Å². The van der Waals surface area contributed by atoms with Crippen LogP contribution in [0.3, 0.4) is 0 Å². The quantitative estimate of drug-likeness (QED) is 0.190. The van der Waals surface area contributed by atoms with E-state index >= 15 is 0 Å². The van der Waals surface area contributed by atoms with E-state index < -0.39 is 0 Å². The van der Waals surface area contributed by atoms with Crippen molar-refractivity contribution in [2.75, 3.05) is 19.6 Å². The van der Waals surface area contributed by atoms with Crippen molar-refractivity contribution in [1.29, 1.82) is 0 Å². The summed E-state index contributed by atoms with van der Waals surface area (Å²) in [5.74, 6) is 0.187. The van der Waals surface area contributed by atoms with Crippen LogP contribution in [-0.2, 0) is 33.4 Å². The summed E-state index contributed by atoms with van der Waals surface area (Å²) in [5, 5.41) is 9.40. The topological polar surface area (TPSA) is 164 Å². The molecule has 0 saturated carbocycles. The molecule has 3 amide bonds. The number of rotatable bonds is 11. The van der Waals surface area contributed by atoms with E-state index in [-0.39, 0.29) is 89.0 Å². The minimum Gasteiger partial charge on any atom is -0.870 e. The molecule has 0 radical (unpaired) electrons. The zero-order valence-corrected chi connectivity index (χ0v) is 34.9. The number of aliphatic hydroxyl groups excluding tert-OH is 1. The second-order valence-corrected chi connectivity index (χ2v) is 13.0. The monoisotopic (exact) mass is 733 g/mol. The van der Waals surface area contributed by atoms with Crippen LogP contribution in [0.15, 0.2) is 25.6 Å². The molecular formula is C38H68N3NaO9. The van der Waals surface area contributed by atoms with E-state index in [1.807, 2.05) is 16.7 Å². The Balaban J connectivity index is -0.000000632. The summed E-state index contributed by atoms with van der Waals surface area (Å²) in [6.45, 7) is 19.9. The SMILES string of the molecule is C=CN1CCCCCC1=O.C=COC(C)=O.CCC(CC(C)O)N1CCCCCC1=O.CCC(CC(C)OC(C)=O)N1CCCCCC1=O.[Na+].[OH-]. The number of likely N-dealkylation sites (tertiary alicyclic amines) is 3. The van der Waals surface area contributed by atoms with Gasteiger partial charge < -0.3 is 34.8 Å². The molecule has 3 fully saturated rings. The van der Waals surface area contributed by atoms with Crippen molar-refractivity contribution in [2.45, 2.75) is 169 Å². The smallest absolute Gasteiger partial charge is 0.870 e. The third-order valence-corrected chi connectivity index (χ3v) is 8.71. The van der Waals surface area contributed by atoms with Crippen molar-refractivity contribution in [3.05, 3.63) is 25.6 Å². The number of nitrogens with zero attached hydrogens (tertiary/aromatic N) is 3. The van der Waals surface area contributed by atoms with E-state index in [2.05, 4.69) is 31.7 Å². The molecule has 3 heterocycles. The van der Waals surface area contributed by atoms with Crippen molar-refractivity contribution < 1.29 is 73.6 Å². The van der Waals surface area contributed by atoms with E-state index in [9.17, 15) is 29.1 Å². The molecule has 0 aromatic carbocycles. The first-order valence-corrected chi connectivity index (χ1v) is 18.4. The van der Waals surface area contributed by atoms with Gasteiger partial charge >= 0.3 is 41.5 Å². The van der Waals surface area contributed by atoms with Crippen LogP contribution in [0.4, 0.5) is 0 Å². The molecule has 3 aliphatic rings. The molecule has 3 aliphatic heterocycles. The van der Waals surface area contributed by atoms with Crippen molar-refractivity contribution >= 4 is 29.7 Å². The average Bonchev–Trinajstić information content (AvgIpc) is 3.49. The van der Waals surface area contributed by atoms with Crippen LogP contribution < -0.4 is 29.6 Å². The minimum absolute atomic E-state index is 0. The Bertz CT molecular complexity index is 1010. The fourth-order valence-corrected chi connectivity index (χ4v) is 6.23. The van der Waals surface area contributed by atoms with Gasteiger partial charge in [0.25, 0.3) is 0 Å². The Morgan fingerprint density at radius 1 is 0.725 bits per heavy atom. The summed E-state index contributed by atoms with van der Waals surface area (Å²) >= 11 is 0. The van der Waals surface area contributed by atoms with E-state index in [1.54, 1.807) is 18.0 Å². The largest absolute Gasteiger partial charge is 1.00 e. The first-order valence-electron chi connectivity index (χ1n) is 18.4. The normalized spacial score (nSPS) is 18.5. The third-order valence-electron chi connectivity index (χ3n) is 8.71. The van der Waals surface area contributed by atoms with Gasteiger partial charge in [0.15, 0.2) is 0 Å². The van der Waals surface area contributed by atoms with Crippen LogP contribution in [0.25, 0.3) is 0 Å². The molecule has 0 aliphatic carbocycles. The van der Waals surface area contributed by atoms with E-state index in [0.29, 0.717) is 25.7 Å². The van der Waals surface area contributed by atoms with Gasteiger partial charge in [-0.25, -0.2) is 0 Å². The van der Waals surface area contributed by atoms with Crippen LogP contribution in [0.2, 0.25) is 0 Å². The first kappa shape index (κ1) is 53.1. The number of carbonyl (C=O) groups excluding carboxylic acids is 5. The molecule has 13 heteroatoms. The summed E-state index contributed by atoms with van der Waals surface area (Å²) in [6.07, 6.45) is 17.5. The Hall–Kier alpha value is -2.25. The number of carbonyl (C=O) groups is 5. The summed E-state index contributed by atoms with van der Waals surface area (Å²) in [5.41, 5.74) is 0. The van der Waals surface area contributed by atoms with Gasteiger partial charge in [0.1, 0.15) is 6.10 Å². The van der Waals surface area contributed by atoms with Gasteiger partial charge in [-0.2, -0.15) is 0 Å². The maximum atomic E-state index is 12.0. The number of aliphatic hydroxyl groups is 1. The molecule has 0 aromatic rings. The molecular weight excluding hydrogens is 665 g/mol. The molecule has 0 aromatic heterocycles. The molecule has 0 bridgehead atoms. The van der Waals surface area contributed by atoms with Crippen molar-refractivity contribution in [3.8, 4) is 0 Å². The second-order valence-electron chi connectivity index (χ2n) is 13.0. The maximum absolute atomic E-state index is 12.0. The zero-order valence-electron chi connectivity index (χ0n) is 32.9. The fraction of sp³-hybridized carbons (Fsp3) is 0.763. The van der Waals surface area contributed by atoms with Crippen LogP contribution in [0, 0.1) is 0 Å². The zero-order chi connectivity index (χ0) is 37.2. The molecule has 290 valence electrons. The third kappa shape index (κ3) is 25.4. The van der Waals surface area contributed by atoms with Gasteiger partial charge in [-0.1, -0.05) is 46.3 Å². The minimum atomic E-state index is -0.329. The van der Waals surface area contributed by atoms with Gasteiger partial charge in [-0.3, -0.25) is 24.0 Å². The van der Waals surface area contributed by atoms with E-state index in [4.69, 9.17) is 4.74 Å². The van der Waals surface area contributed by atoms with Crippen LogP contribution in [-0.4, -0.2) is 98.9 Å². The van der Waals surface area contributed by atoms with Gasteiger partial charge in [-0.05, 0) is 77.8 Å². The van der Waals surface area contributed by atoms with Crippen molar-refractivity contribution in [1.82, 2.24) is 14.7 Å². The Morgan fingerprint density at radius 3 is 1.51 bits per heavy atom. The Kier molecular flexibility index (Phi) is 33.7. The predicted molar refractivity (Wildman–Crippen MR) is 195 cm³/mol. The van der Waals surface area contributed by atoms with Crippen LogP contribution in [0.1, 0.15) is 144 Å². The average molecular weight is 734 g/mol. The predicted octanol–water partition coefficient (Wildman–Crippen LogP) is 3.50. The van der Waals surface area contributed by atoms with Gasteiger partial charge in [-0.15, -0.1) is 0 Å².